The van der Waals surface area contributed by atoms with Gasteiger partial charge in [-0.15, -0.1) is 0 Å². The maximum absolute atomic E-state index is 12.6. The Kier molecular flexibility index (Phi) is 5.20. The van der Waals surface area contributed by atoms with E-state index in [2.05, 4.69) is 23.2 Å². The van der Waals surface area contributed by atoms with Gasteiger partial charge in [0.25, 0.3) is 0 Å². The van der Waals surface area contributed by atoms with Gasteiger partial charge in [0.15, 0.2) is 0 Å². The zero-order valence-electron chi connectivity index (χ0n) is 16.7. The molecule has 2 amide bonds. The van der Waals surface area contributed by atoms with Crippen molar-refractivity contribution in [2.75, 3.05) is 36.4 Å². The molecule has 2 saturated heterocycles. The van der Waals surface area contributed by atoms with Crippen molar-refractivity contribution >= 4 is 34.2 Å². The first kappa shape index (κ1) is 18.7. The third kappa shape index (κ3) is 3.81. The molecule has 2 aliphatic rings. The Morgan fingerprint density at radius 2 is 1.79 bits per heavy atom. The number of carbonyl (C=O) groups is 2. The average molecular weight is 380 g/mol. The fraction of sp³-hybridized carbons (Fsp3) is 0.500. The maximum atomic E-state index is 12.6. The van der Waals surface area contributed by atoms with Gasteiger partial charge < -0.3 is 15.1 Å². The second-order valence-electron chi connectivity index (χ2n) is 8.00. The van der Waals surface area contributed by atoms with Gasteiger partial charge in [-0.25, -0.2) is 4.98 Å². The van der Waals surface area contributed by atoms with Crippen LogP contribution < -0.4 is 10.2 Å². The van der Waals surface area contributed by atoms with Crippen LogP contribution in [-0.4, -0.2) is 47.9 Å². The Balaban J connectivity index is 1.47. The number of pyridine rings is 1. The molecule has 0 bridgehead atoms. The number of benzene rings is 1. The van der Waals surface area contributed by atoms with Crippen LogP contribution in [0.5, 0.6) is 0 Å². The summed E-state index contributed by atoms with van der Waals surface area (Å²) in [6.07, 6.45) is 4.09. The number of anilines is 2. The summed E-state index contributed by atoms with van der Waals surface area (Å²) < 4.78 is 0. The van der Waals surface area contributed by atoms with E-state index in [9.17, 15) is 9.59 Å². The molecule has 2 aromatic rings. The molecule has 148 valence electrons. The van der Waals surface area contributed by atoms with E-state index in [0.29, 0.717) is 5.91 Å². The maximum Gasteiger partial charge on any atom is 0.225 e. The number of likely N-dealkylation sites (tertiary alicyclic amines) is 1. The van der Waals surface area contributed by atoms with Crippen molar-refractivity contribution in [2.24, 2.45) is 5.92 Å². The molecule has 0 saturated carbocycles. The minimum atomic E-state index is -0.0760. The van der Waals surface area contributed by atoms with E-state index in [1.54, 1.807) is 0 Å². The van der Waals surface area contributed by atoms with Crippen molar-refractivity contribution < 1.29 is 9.59 Å². The van der Waals surface area contributed by atoms with E-state index in [-0.39, 0.29) is 11.8 Å². The predicted molar refractivity (Wildman–Crippen MR) is 112 cm³/mol. The lowest BCUT2D eigenvalue weighted by atomic mass is 9.95. The van der Waals surface area contributed by atoms with Gasteiger partial charge in [-0.3, -0.25) is 9.59 Å². The van der Waals surface area contributed by atoms with Crippen LogP contribution in [0, 0.1) is 12.8 Å². The van der Waals surface area contributed by atoms with Gasteiger partial charge in [-0.2, -0.15) is 0 Å². The molecule has 0 spiro atoms. The van der Waals surface area contributed by atoms with Crippen molar-refractivity contribution in [3.8, 4) is 0 Å². The van der Waals surface area contributed by atoms with Crippen molar-refractivity contribution in [3.05, 3.63) is 29.8 Å². The number of aromatic nitrogens is 1. The number of nitrogens with one attached hydrogen (secondary N) is 1. The van der Waals surface area contributed by atoms with Crippen LogP contribution in [-0.2, 0) is 9.59 Å². The Hall–Kier alpha value is -2.63. The number of rotatable bonds is 3. The van der Waals surface area contributed by atoms with Crippen molar-refractivity contribution in [2.45, 2.75) is 39.5 Å². The summed E-state index contributed by atoms with van der Waals surface area (Å²) in [6, 6.07) is 7.94. The summed E-state index contributed by atoms with van der Waals surface area (Å²) in [4.78, 5) is 33.1. The number of fused-ring (bicyclic) bond motifs is 1. The highest BCUT2D eigenvalue weighted by Crippen LogP contribution is 2.29. The molecule has 1 aromatic heterocycles. The minimum Gasteiger partial charge on any atom is -0.357 e. The topological polar surface area (TPSA) is 65.5 Å². The van der Waals surface area contributed by atoms with Gasteiger partial charge in [-0.05, 0) is 62.4 Å². The van der Waals surface area contributed by atoms with Crippen LogP contribution in [0.4, 0.5) is 11.5 Å². The SMILES string of the molecule is CC(=O)Nc1ccc2nc(N3CCC(C(=O)N4CCCC4)CC3)cc(C)c2c1. The fourth-order valence-electron chi connectivity index (χ4n) is 4.37. The largest absolute Gasteiger partial charge is 0.357 e. The predicted octanol–water partition coefficient (Wildman–Crippen LogP) is 3.34. The Morgan fingerprint density at radius 3 is 2.46 bits per heavy atom. The normalized spacial score (nSPS) is 17.9. The highest BCUT2D eigenvalue weighted by Gasteiger charge is 2.30. The van der Waals surface area contributed by atoms with Crippen molar-refractivity contribution in [1.82, 2.24) is 9.88 Å². The third-order valence-electron chi connectivity index (χ3n) is 5.91. The van der Waals surface area contributed by atoms with Gasteiger partial charge in [0.1, 0.15) is 5.82 Å². The second kappa shape index (κ2) is 7.78. The molecule has 0 aliphatic carbocycles. The van der Waals surface area contributed by atoms with Crippen molar-refractivity contribution in [1.29, 1.82) is 0 Å². The highest BCUT2D eigenvalue weighted by molar-refractivity contribution is 5.93. The molecule has 28 heavy (non-hydrogen) atoms. The molecule has 4 rings (SSSR count). The number of amides is 2. The molecular formula is C22H28N4O2. The Morgan fingerprint density at radius 1 is 1.07 bits per heavy atom. The summed E-state index contributed by atoms with van der Waals surface area (Å²) >= 11 is 0. The summed E-state index contributed by atoms with van der Waals surface area (Å²) in [5.41, 5.74) is 2.86. The van der Waals surface area contributed by atoms with Gasteiger partial charge in [0.05, 0.1) is 5.52 Å². The molecule has 0 unspecified atom stereocenters. The van der Waals surface area contributed by atoms with Crippen LogP contribution in [0.2, 0.25) is 0 Å². The van der Waals surface area contributed by atoms with Crippen LogP contribution in [0.15, 0.2) is 24.3 Å². The molecule has 0 radical (unpaired) electrons. The van der Waals surface area contributed by atoms with Crippen LogP contribution in [0.3, 0.4) is 0 Å². The molecular weight excluding hydrogens is 352 g/mol. The number of carbonyl (C=O) groups excluding carboxylic acids is 2. The molecule has 1 N–H and O–H groups in total. The van der Waals surface area contributed by atoms with Gasteiger partial charge >= 0.3 is 0 Å². The monoisotopic (exact) mass is 380 g/mol. The standard InChI is InChI=1S/C22H28N4O2/c1-15-13-21(24-20-6-5-18(14-19(15)20)23-16(2)27)25-11-7-17(8-12-25)22(28)26-9-3-4-10-26/h5-6,13-14,17H,3-4,7-12H2,1-2H3,(H,23,27). The summed E-state index contributed by atoms with van der Waals surface area (Å²) in [7, 11) is 0. The van der Waals surface area contributed by atoms with Gasteiger partial charge in [0.2, 0.25) is 11.8 Å². The van der Waals surface area contributed by atoms with E-state index in [1.807, 2.05) is 23.1 Å². The van der Waals surface area contributed by atoms with E-state index < -0.39 is 0 Å². The lowest BCUT2D eigenvalue weighted by Gasteiger charge is -2.34. The first-order valence-electron chi connectivity index (χ1n) is 10.2. The molecule has 2 fully saturated rings. The zero-order valence-corrected chi connectivity index (χ0v) is 16.7. The molecule has 1 aromatic carbocycles. The third-order valence-corrected chi connectivity index (χ3v) is 5.91. The lowest BCUT2D eigenvalue weighted by Crippen LogP contribution is -2.41. The van der Waals surface area contributed by atoms with Crippen LogP contribution in [0.25, 0.3) is 10.9 Å². The van der Waals surface area contributed by atoms with Crippen molar-refractivity contribution in [3.63, 3.8) is 0 Å². The Labute approximate surface area is 165 Å². The van der Waals surface area contributed by atoms with Gasteiger partial charge in [-0.1, -0.05) is 0 Å². The number of hydrogen-bond donors (Lipinski definition) is 1. The molecule has 3 heterocycles. The number of piperidine rings is 1. The lowest BCUT2D eigenvalue weighted by molar-refractivity contribution is -0.135. The first-order valence-corrected chi connectivity index (χ1v) is 10.2. The number of aryl methyl sites for hydroxylation is 1. The van der Waals surface area contributed by atoms with E-state index in [4.69, 9.17) is 4.98 Å². The van der Waals surface area contributed by atoms with Gasteiger partial charge in [0, 0.05) is 50.1 Å². The second-order valence-corrected chi connectivity index (χ2v) is 8.00. The molecule has 6 nitrogen and oxygen atoms in total. The van der Waals surface area contributed by atoms with Crippen LogP contribution >= 0.6 is 0 Å². The quantitative estimate of drug-likeness (QED) is 0.887. The average Bonchev–Trinajstić information content (AvgIpc) is 3.22. The van der Waals surface area contributed by atoms with E-state index in [0.717, 1.165) is 79.8 Å². The summed E-state index contributed by atoms with van der Waals surface area (Å²) in [5.74, 6) is 1.42. The van der Waals surface area contributed by atoms with E-state index in [1.165, 1.54) is 6.92 Å². The van der Waals surface area contributed by atoms with E-state index >= 15 is 0 Å². The zero-order chi connectivity index (χ0) is 19.7. The smallest absolute Gasteiger partial charge is 0.225 e. The Bertz CT molecular complexity index is 897. The molecule has 2 aliphatic heterocycles. The first-order chi connectivity index (χ1) is 13.5. The summed E-state index contributed by atoms with van der Waals surface area (Å²) in [6.45, 7) is 7.19. The number of nitrogens with zero attached hydrogens (tertiary/aromatic N) is 3. The summed E-state index contributed by atoms with van der Waals surface area (Å²) in [5, 5.41) is 3.88. The minimum absolute atomic E-state index is 0.0760. The van der Waals surface area contributed by atoms with Crippen LogP contribution in [0.1, 0.15) is 38.2 Å². The fourth-order valence-corrected chi connectivity index (χ4v) is 4.37. The molecule has 0 atom stereocenters. The number of hydrogen-bond acceptors (Lipinski definition) is 4. The molecule has 6 heteroatoms. The highest BCUT2D eigenvalue weighted by atomic mass is 16.2.